The zero-order chi connectivity index (χ0) is 16.9. The molecule has 0 spiro atoms. The summed E-state index contributed by atoms with van der Waals surface area (Å²) >= 11 is 0. The van der Waals surface area contributed by atoms with Crippen LogP contribution in [0.4, 0.5) is 0 Å². The molecule has 24 heavy (non-hydrogen) atoms. The van der Waals surface area contributed by atoms with E-state index in [0.717, 1.165) is 25.1 Å². The Morgan fingerprint density at radius 2 is 1.71 bits per heavy atom. The highest BCUT2D eigenvalue weighted by Gasteiger charge is 2.37. The molecule has 0 bridgehead atoms. The van der Waals surface area contributed by atoms with Gasteiger partial charge < -0.3 is 10.6 Å². The van der Waals surface area contributed by atoms with Gasteiger partial charge in [0, 0.05) is 19.0 Å². The van der Waals surface area contributed by atoms with E-state index in [-0.39, 0.29) is 11.8 Å². The molecule has 2 N–H and O–H groups in total. The average Bonchev–Trinajstić information content (AvgIpc) is 3.08. The Labute approximate surface area is 144 Å². The lowest BCUT2D eigenvalue weighted by Crippen LogP contribution is -2.34. The van der Waals surface area contributed by atoms with E-state index in [4.69, 9.17) is 5.73 Å². The molecule has 0 saturated carbocycles. The minimum Gasteiger partial charge on any atom is -0.341 e. The number of amides is 1. The van der Waals surface area contributed by atoms with E-state index in [2.05, 4.69) is 43.3 Å². The average molecular weight is 322 g/mol. The molecule has 0 aliphatic carbocycles. The third-order valence-corrected chi connectivity index (χ3v) is 5.19. The second-order valence-corrected chi connectivity index (χ2v) is 6.63. The maximum Gasteiger partial charge on any atom is 0.230 e. The lowest BCUT2D eigenvalue weighted by atomic mass is 9.89. The third kappa shape index (κ3) is 3.36. The Balaban J connectivity index is 1.78. The van der Waals surface area contributed by atoms with Gasteiger partial charge >= 0.3 is 0 Å². The molecule has 2 aromatic carbocycles. The maximum absolute atomic E-state index is 13.1. The molecule has 1 fully saturated rings. The maximum atomic E-state index is 13.1. The Bertz CT molecular complexity index is 656. The van der Waals surface area contributed by atoms with Gasteiger partial charge in [0.25, 0.3) is 0 Å². The monoisotopic (exact) mass is 322 g/mol. The fourth-order valence-electron chi connectivity index (χ4n) is 3.83. The normalized spacial score (nSPS) is 21.7. The van der Waals surface area contributed by atoms with Crippen molar-refractivity contribution in [3.05, 3.63) is 71.8 Å². The van der Waals surface area contributed by atoms with Crippen molar-refractivity contribution in [2.75, 3.05) is 19.6 Å². The van der Waals surface area contributed by atoms with E-state index in [9.17, 15) is 4.79 Å². The Hall–Kier alpha value is -2.13. The highest BCUT2D eigenvalue weighted by Crippen LogP contribution is 2.34. The molecular weight excluding hydrogens is 296 g/mol. The predicted octanol–water partition coefficient (Wildman–Crippen LogP) is 3.38. The first kappa shape index (κ1) is 16.7. The molecule has 1 saturated heterocycles. The minimum absolute atomic E-state index is 0.0563. The zero-order valence-electron chi connectivity index (χ0n) is 14.3. The first-order valence-corrected chi connectivity index (χ1v) is 8.83. The van der Waals surface area contributed by atoms with Crippen LogP contribution in [-0.4, -0.2) is 30.4 Å². The lowest BCUT2D eigenvalue weighted by Gasteiger charge is -2.23. The van der Waals surface area contributed by atoms with Crippen molar-refractivity contribution < 1.29 is 4.79 Å². The summed E-state index contributed by atoms with van der Waals surface area (Å²) < 4.78 is 0. The number of carbonyl (C=O) groups excluding carboxylic acids is 1. The summed E-state index contributed by atoms with van der Waals surface area (Å²) in [7, 11) is 0. The molecule has 3 nitrogen and oxygen atoms in total. The fourth-order valence-corrected chi connectivity index (χ4v) is 3.83. The Morgan fingerprint density at radius 1 is 1.08 bits per heavy atom. The van der Waals surface area contributed by atoms with Crippen LogP contribution in [0, 0.1) is 5.92 Å². The molecule has 1 aliphatic heterocycles. The molecule has 1 aliphatic rings. The van der Waals surface area contributed by atoms with Crippen molar-refractivity contribution in [3.8, 4) is 0 Å². The van der Waals surface area contributed by atoms with Crippen molar-refractivity contribution in [1.82, 2.24) is 4.90 Å². The van der Waals surface area contributed by atoms with Crippen molar-refractivity contribution in [1.29, 1.82) is 0 Å². The van der Waals surface area contributed by atoms with Gasteiger partial charge in [-0.3, -0.25) is 4.79 Å². The van der Waals surface area contributed by atoms with Gasteiger partial charge in [0.1, 0.15) is 0 Å². The zero-order valence-corrected chi connectivity index (χ0v) is 14.3. The lowest BCUT2D eigenvalue weighted by molar-refractivity contribution is -0.132. The van der Waals surface area contributed by atoms with Crippen LogP contribution in [0.1, 0.15) is 36.3 Å². The van der Waals surface area contributed by atoms with Crippen LogP contribution in [0.5, 0.6) is 0 Å². The van der Waals surface area contributed by atoms with Crippen LogP contribution >= 0.6 is 0 Å². The van der Waals surface area contributed by atoms with E-state index in [0.29, 0.717) is 18.4 Å². The number of nitrogens with zero attached hydrogens (tertiary/aromatic N) is 1. The molecule has 2 aromatic rings. The first-order chi connectivity index (χ1) is 11.7. The number of rotatable bonds is 5. The quantitative estimate of drug-likeness (QED) is 0.917. The highest BCUT2D eigenvalue weighted by molar-refractivity contribution is 5.84. The van der Waals surface area contributed by atoms with Crippen LogP contribution in [0.3, 0.4) is 0 Å². The summed E-state index contributed by atoms with van der Waals surface area (Å²) in [6, 6.07) is 20.6. The number of hydrogen-bond acceptors (Lipinski definition) is 2. The molecule has 1 heterocycles. The highest BCUT2D eigenvalue weighted by atomic mass is 16.2. The van der Waals surface area contributed by atoms with Crippen molar-refractivity contribution >= 4 is 5.91 Å². The van der Waals surface area contributed by atoms with Gasteiger partial charge in [0.15, 0.2) is 0 Å². The van der Waals surface area contributed by atoms with Gasteiger partial charge in [-0.1, -0.05) is 67.6 Å². The van der Waals surface area contributed by atoms with Crippen LogP contribution in [0.25, 0.3) is 0 Å². The van der Waals surface area contributed by atoms with Crippen molar-refractivity contribution in [2.45, 2.75) is 25.2 Å². The molecule has 0 aromatic heterocycles. The third-order valence-electron chi connectivity index (χ3n) is 5.19. The summed E-state index contributed by atoms with van der Waals surface area (Å²) in [6.07, 6.45) is 0.822. The molecule has 3 atom stereocenters. The molecule has 0 radical (unpaired) electrons. The minimum atomic E-state index is -0.0563. The predicted molar refractivity (Wildman–Crippen MR) is 97.8 cm³/mol. The summed E-state index contributed by atoms with van der Waals surface area (Å²) in [4.78, 5) is 15.1. The molecule has 3 rings (SSSR count). The summed E-state index contributed by atoms with van der Waals surface area (Å²) in [5, 5.41) is 0. The standard InChI is InChI=1S/C21H26N2O/c1-2-19(16-9-5-3-6-10-16)21(24)23-14-18(13-22)20(15-23)17-11-7-4-8-12-17/h3-12,18-20H,2,13-15,22H2,1H3/t18-,19?,20+/m1/s1. The van der Waals surface area contributed by atoms with E-state index < -0.39 is 0 Å². The van der Waals surface area contributed by atoms with E-state index in [1.54, 1.807) is 0 Å². The number of benzene rings is 2. The second kappa shape index (κ2) is 7.63. The number of carbonyl (C=O) groups is 1. The molecule has 1 amide bonds. The molecule has 3 heteroatoms. The van der Waals surface area contributed by atoms with Crippen molar-refractivity contribution in [2.24, 2.45) is 11.7 Å². The topological polar surface area (TPSA) is 46.3 Å². The first-order valence-electron chi connectivity index (χ1n) is 8.83. The fraction of sp³-hybridized carbons (Fsp3) is 0.381. The van der Waals surface area contributed by atoms with Gasteiger partial charge in [-0.25, -0.2) is 0 Å². The summed E-state index contributed by atoms with van der Waals surface area (Å²) in [6.45, 7) is 4.23. The molecular formula is C21H26N2O. The van der Waals surface area contributed by atoms with Crippen LogP contribution in [0.2, 0.25) is 0 Å². The van der Waals surface area contributed by atoms with E-state index in [1.807, 2.05) is 29.2 Å². The van der Waals surface area contributed by atoms with Crippen molar-refractivity contribution in [3.63, 3.8) is 0 Å². The van der Waals surface area contributed by atoms with E-state index >= 15 is 0 Å². The summed E-state index contributed by atoms with van der Waals surface area (Å²) in [5.74, 6) is 0.859. The SMILES string of the molecule is CCC(C(=O)N1C[C@@H](CN)[C@H](c2ccccc2)C1)c1ccccc1. The summed E-state index contributed by atoms with van der Waals surface area (Å²) in [5.41, 5.74) is 8.40. The largest absolute Gasteiger partial charge is 0.341 e. The molecule has 1 unspecified atom stereocenters. The van der Waals surface area contributed by atoms with Gasteiger partial charge in [0.05, 0.1) is 5.92 Å². The number of hydrogen-bond donors (Lipinski definition) is 1. The van der Waals surface area contributed by atoms with E-state index in [1.165, 1.54) is 5.56 Å². The Kier molecular flexibility index (Phi) is 5.31. The van der Waals surface area contributed by atoms with Gasteiger partial charge in [-0.2, -0.15) is 0 Å². The number of nitrogens with two attached hydrogens (primary N) is 1. The molecule has 126 valence electrons. The van der Waals surface area contributed by atoms with Crippen LogP contribution < -0.4 is 5.73 Å². The van der Waals surface area contributed by atoms with Gasteiger partial charge in [-0.15, -0.1) is 0 Å². The van der Waals surface area contributed by atoms with Crippen LogP contribution in [-0.2, 0) is 4.79 Å². The van der Waals surface area contributed by atoms with Crippen LogP contribution in [0.15, 0.2) is 60.7 Å². The van der Waals surface area contributed by atoms with Gasteiger partial charge in [-0.05, 0) is 30.0 Å². The number of likely N-dealkylation sites (tertiary alicyclic amines) is 1. The smallest absolute Gasteiger partial charge is 0.230 e. The van der Waals surface area contributed by atoms with Gasteiger partial charge in [0.2, 0.25) is 5.91 Å². The second-order valence-electron chi connectivity index (χ2n) is 6.63. The Morgan fingerprint density at radius 3 is 2.29 bits per heavy atom.